The maximum atomic E-state index is 13.2. The van der Waals surface area contributed by atoms with Crippen LogP contribution < -0.4 is 0 Å². The summed E-state index contributed by atoms with van der Waals surface area (Å²) < 4.78 is 26.1. The van der Waals surface area contributed by atoms with Crippen LogP contribution in [0.25, 0.3) is 0 Å². The van der Waals surface area contributed by atoms with E-state index in [0.29, 0.717) is 17.0 Å². The fourth-order valence-corrected chi connectivity index (χ4v) is 2.38. The van der Waals surface area contributed by atoms with Gasteiger partial charge in [-0.25, -0.2) is 8.78 Å². The van der Waals surface area contributed by atoms with Gasteiger partial charge < -0.3 is 5.11 Å². The van der Waals surface area contributed by atoms with Crippen molar-refractivity contribution in [2.24, 2.45) is 0 Å². The summed E-state index contributed by atoms with van der Waals surface area (Å²) in [5.41, 5.74) is 0.276. The first-order valence-electron chi connectivity index (χ1n) is 6.26. The van der Waals surface area contributed by atoms with Crippen molar-refractivity contribution in [3.8, 4) is 0 Å². The van der Waals surface area contributed by atoms with Crippen LogP contribution in [0.2, 0.25) is 5.02 Å². The number of hydrogen-bond donors (Lipinski definition) is 1. The summed E-state index contributed by atoms with van der Waals surface area (Å²) in [7, 11) is 0. The molecule has 1 unspecified atom stereocenters. The van der Waals surface area contributed by atoms with E-state index in [4.69, 9.17) is 11.6 Å². The molecular formula is C16H15ClF2O. The molecule has 4 heteroatoms. The van der Waals surface area contributed by atoms with E-state index < -0.39 is 5.60 Å². The lowest BCUT2D eigenvalue weighted by Gasteiger charge is -2.24. The molecule has 0 aromatic heterocycles. The molecule has 0 amide bonds. The Morgan fingerprint density at radius 2 is 1.60 bits per heavy atom. The Morgan fingerprint density at radius 3 is 2.25 bits per heavy atom. The molecular weight excluding hydrogens is 282 g/mol. The second-order valence-electron chi connectivity index (χ2n) is 5.21. The molecule has 0 spiro atoms. The molecule has 0 aliphatic carbocycles. The van der Waals surface area contributed by atoms with Crippen LogP contribution in [-0.2, 0) is 12.8 Å². The second kappa shape index (κ2) is 5.90. The molecule has 0 bridgehead atoms. The number of aliphatic hydroxyl groups is 1. The zero-order chi connectivity index (χ0) is 14.8. The quantitative estimate of drug-likeness (QED) is 0.898. The fourth-order valence-electron chi connectivity index (χ4n) is 2.19. The van der Waals surface area contributed by atoms with Crippen molar-refractivity contribution < 1.29 is 13.9 Å². The standard InChI is InChI=1S/C16H15ClF2O/c1-16(20,9-11-2-4-13(18)5-3-11)10-12-8-14(19)6-7-15(12)17/h2-8,20H,9-10H2,1H3. The predicted molar refractivity (Wildman–Crippen MR) is 75.8 cm³/mol. The molecule has 0 radical (unpaired) electrons. The van der Waals surface area contributed by atoms with Crippen molar-refractivity contribution in [1.82, 2.24) is 0 Å². The third-order valence-electron chi connectivity index (χ3n) is 3.08. The van der Waals surface area contributed by atoms with Crippen molar-refractivity contribution in [2.45, 2.75) is 25.4 Å². The Hall–Kier alpha value is -1.45. The van der Waals surface area contributed by atoms with E-state index >= 15 is 0 Å². The molecule has 0 heterocycles. The number of rotatable bonds is 4. The van der Waals surface area contributed by atoms with Gasteiger partial charge in [0.25, 0.3) is 0 Å². The van der Waals surface area contributed by atoms with Crippen LogP contribution in [0, 0.1) is 11.6 Å². The van der Waals surface area contributed by atoms with E-state index in [1.807, 2.05) is 0 Å². The topological polar surface area (TPSA) is 20.2 Å². The summed E-state index contributed by atoms with van der Waals surface area (Å²) in [6.45, 7) is 1.65. The Kier molecular flexibility index (Phi) is 4.41. The van der Waals surface area contributed by atoms with Crippen LogP contribution >= 0.6 is 11.6 Å². The van der Waals surface area contributed by atoms with Gasteiger partial charge in [-0.15, -0.1) is 0 Å². The van der Waals surface area contributed by atoms with Gasteiger partial charge in [-0.2, -0.15) is 0 Å². The lowest BCUT2D eigenvalue weighted by atomic mass is 9.90. The molecule has 2 rings (SSSR count). The Morgan fingerprint density at radius 1 is 1.00 bits per heavy atom. The first kappa shape index (κ1) is 14.9. The Labute approximate surface area is 121 Å². The average Bonchev–Trinajstić information content (AvgIpc) is 2.36. The first-order valence-corrected chi connectivity index (χ1v) is 6.64. The zero-order valence-corrected chi connectivity index (χ0v) is 11.8. The fraction of sp³-hybridized carbons (Fsp3) is 0.250. The predicted octanol–water partition coefficient (Wildman–Crippen LogP) is 4.15. The van der Waals surface area contributed by atoms with Crippen molar-refractivity contribution in [1.29, 1.82) is 0 Å². The highest BCUT2D eigenvalue weighted by molar-refractivity contribution is 6.31. The van der Waals surface area contributed by atoms with Gasteiger partial charge in [0, 0.05) is 17.9 Å². The SMILES string of the molecule is CC(O)(Cc1ccc(F)cc1)Cc1cc(F)ccc1Cl. The van der Waals surface area contributed by atoms with Gasteiger partial charge in [-0.1, -0.05) is 23.7 Å². The first-order chi connectivity index (χ1) is 9.35. The van der Waals surface area contributed by atoms with Crippen LogP contribution in [0.5, 0.6) is 0 Å². The minimum Gasteiger partial charge on any atom is -0.389 e. The maximum Gasteiger partial charge on any atom is 0.123 e. The molecule has 106 valence electrons. The Bertz CT molecular complexity index is 594. The molecule has 2 aromatic carbocycles. The largest absolute Gasteiger partial charge is 0.389 e. The van der Waals surface area contributed by atoms with Gasteiger partial charge in [0.1, 0.15) is 11.6 Å². The lowest BCUT2D eigenvalue weighted by molar-refractivity contribution is 0.0608. The van der Waals surface area contributed by atoms with Crippen molar-refractivity contribution >= 4 is 11.6 Å². The number of benzene rings is 2. The molecule has 20 heavy (non-hydrogen) atoms. The molecule has 0 saturated carbocycles. The monoisotopic (exact) mass is 296 g/mol. The third kappa shape index (κ3) is 4.02. The van der Waals surface area contributed by atoms with Gasteiger partial charge >= 0.3 is 0 Å². The van der Waals surface area contributed by atoms with Gasteiger partial charge in [0.15, 0.2) is 0 Å². The summed E-state index contributed by atoms with van der Waals surface area (Å²) in [6, 6.07) is 10.0. The second-order valence-corrected chi connectivity index (χ2v) is 5.62. The van der Waals surface area contributed by atoms with Crippen LogP contribution in [-0.4, -0.2) is 10.7 Å². The van der Waals surface area contributed by atoms with E-state index in [2.05, 4.69) is 0 Å². The molecule has 0 saturated heterocycles. The highest BCUT2D eigenvalue weighted by Crippen LogP contribution is 2.24. The average molecular weight is 297 g/mol. The molecule has 0 aliphatic rings. The number of hydrogen-bond acceptors (Lipinski definition) is 1. The van der Waals surface area contributed by atoms with Gasteiger partial charge in [0.05, 0.1) is 5.60 Å². The summed E-state index contributed by atoms with van der Waals surface area (Å²) in [5.74, 6) is -0.705. The van der Waals surface area contributed by atoms with Gasteiger partial charge in [-0.05, 0) is 48.4 Å². The van der Waals surface area contributed by atoms with E-state index in [0.717, 1.165) is 5.56 Å². The zero-order valence-electron chi connectivity index (χ0n) is 11.0. The van der Waals surface area contributed by atoms with E-state index in [1.165, 1.54) is 30.3 Å². The van der Waals surface area contributed by atoms with Crippen LogP contribution in [0.1, 0.15) is 18.1 Å². The van der Waals surface area contributed by atoms with E-state index in [9.17, 15) is 13.9 Å². The van der Waals surface area contributed by atoms with Crippen LogP contribution in [0.4, 0.5) is 8.78 Å². The van der Waals surface area contributed by atoms with E-state index in [-0.39, 0.29) is 18.1 Å². The van der Waals surface area contributed by atoms with Crippen LogP contribution in [0.15, 0.2) is 42.5 Å². The normalized spacial score (nSPS) is 14.1. The molecule has 0 fully saturated rings. The highest BCUT2D eigenvalue weighted by atomic mass is 35.5. The lowest BCUT2D eigenvalue weighted by Crippen LogP contribution is -2.30. The molecule has 1 nitrogen and oxygen atoms in total. The minimum absolute atomic E-state index is 0.223. The summed E-state index contributed by atoms with van der Waals surface area (Å²) in [6.07, 6.45) is 0.557. The maximum absolute atomic E-state index is 13.2. The minimum atomic E-state index is -1.09. The molecule has 1 atom stereocenters. The van der Waals surface area contributed by atoms with E-state index in [1.54, 1.807) is 19.1 Å². The molecule has 0 aliphatic heterocycles. The smallest absolute Gasteiger partial charge is 0.123 e. The Balaban J connectivity index is 2.14. The summed E-state index contributed by atoms with van der Waals surface area (Å²) >= 11 is 6.00. The van der Waals surface area contributed by atoms with Crippen molar-refractivity contribution in [2.75, 3.05) is 0 Å². The number of halogens is 3. The van der Waals surface area contributed by atoms with Gasteiger partial charge in [-0.3, -0.25) is 0 Å². The molecule has 1 N–H and O–H groups in total. The highest BCUT2D eigenvalue weighted by Gasteiger charge is 2.23. The van der Waals surface area contributed by atoms with Crippen molar-refractivity contribution in [3.05, 3.63) is 70.2 Å². The van der Waals surface area contributed by atoms with Gasteiger partial charge in [0.2, 0.25) is 0 Å². The summed E-state index contributed by atoms with van der Waals surface area (Å²) in [5, 5.41) is 10.9. The summed E-state index contributed by atoms with van der Waals surface area (Å²) in [4.78, 5) is 0. The van der Waals surface area contributed by atoms with Crippen molar-refractivity contribution in [3.63, 3.8) is 0 Å². The molecule has 2 aromatic rings. The van der Waals surface area contributed by atoms with Crippen LogP contribution in [0.3, 0.4) is 0 Å². The third-order valence-corrected chi connectivity index (χ3v) is 3.45.